The van der Waals surface area contributed by atoms with Gasteiger partial charge in [0.1, 0.15) is 0 Å². The first kappa shape index (κ1) is 18.6. The summed E-state index contributed by atoms with van der Waals surface area (Å²) in [5, 5.41) is 0.747. The van der Waals surface area contributed by atoms with Crippen molar-refractivity contribution in [1.82, 2.24) is 0 Å². The summed E-state index contributed by atoms with van der Waals surface area (Å²) in [5.41, 5.74) is 0. The SMILES string of the molecule is CCCC(C)C(CC=CCCC(=S)OCC)CCC. The molecule has 0 aliphatic rings. The van der Waals surface area contributed by atoms with Gasteiger partial charge in [0.05, 0.1) is 6.61 Å². The lowest BCUT2D eigenvalue weighted by molar-refractivity contribution is 0.315. The minimum Gasteiger partial charge on any atom is -0.487 e. The first-order valence-corrected chi connectivity index (χ1v) is 8.37. The Kier molecular flexibility index (Phi) is 12.4. The Morgan fingerprint density at radius 3 is 2.37 bits per heavy atom. The number of rotatable bonds is 11. The van der Waals surface area contributed by atoms with E-state index in [0.717, 1.165) is 29.7 Å². The summed E-state index contributed by atoms with van der Waals surface area (Å²) in [5.74, 6) is 1.69. The number of allylic oxidation sites excluding steroid dienone is 2. The molecule has 0 N–H and O–H groups in total. The van der Waals surface area contributed by atoms with E-state index in [1.165, 1.54) is 32.1 Å². The molecule has 0 rings (SSSR count). The highest BCUT2D eigenvalue weighted by Crippen LogP contribution is 2.25. The van der Waals surface area contributed by atoms with Gasteiger partial charge in [-0.05, 0) is 43.8 Å². The standard InChI is InChI=1S/C17H32OS/c1-5-11-15(4)16(12-6-2)13-9-8-10-14-17(19)18-7-3/h8-9,15-16H,5-7,10-14H2,1-4H3. The van der Waals surface area contributed by atoms with Gasteiger partial charge >= 0.3 is 0 Å². The zero-order valence-corrected chi connectivity index (χ0v) is 14.1. The monoisotopic (exact) mass is 284 g/mol. The van der Waals surface area contributed by atoms with Crippen LogP contribution in [0.15, 0.2) is 12.2 Å². The van der Waals surface area contributed by atoms with E-state index < -0.39 is 0 Å². The minimum absolute atomic E-state index is 0.690. The molecule has 1 nitrogen and oxygen atoms in total. The summed E-state index contributed by atoms with van der Waals surface area (Å²) < 4.78 is 5.28. The summed E-state index contributed by atoms with van der Waals surface area (Å²) in [6.07, 6.45) is 13.0. The van der Waals surface area contributed by atoms with Crippen molar-refractivity contribution < 1.29 is 4.74 Å². The zero-order chi connectivity index (χ0) is 14.5. The van der Waals surface area contributed by atoms with Gasteiger partial charge in [-0.1, -0.05) is 58.6 Å². The molecule has 0 fully saturated rings. The molecule has 0 saturated carbocycles. The van der Waals surface area contributed by atoms with E-state index in [1.807, 2.05) is 6.92 Å². The highest BCUT2D eigenvalue weighted by atomic mass is 32.1. The lowest BCUT2D eigenvalue weighted by Gasteiger charge is -2.21. The summed E-state index contributed by atoms with van der Waals surface area (Å²) in [6, 6.07) is 0. The van der Waals surface area contributed by atoms with Crippen molar-refractivity contribution in [3.8, 4) is 0 Å². The fraction of sp³-hybridized carbons (Fsp3) is 0.824. The molecule has 0 radical (unpaired) electrons. The van der Waals surface area contributed by atoms with Gasteiger partial charge in [0.15, 0.2) is 5.05 Å². The lowest BCUT2D eigenvalue weighted by Crippen LogP contribution is -2.10. The predicted octanol–water partition coefficient (Wildman–Crippen LogP) is 5.93. The Labute approximate surface area is 125 Å². The third kappa shape index (κ3) is 10.1. The van der Waals surface area contributed by atoms with Crippen molar-refractivity contribution in [1.29, 1.82) is 0 Å². The van der Waals surface area contributed by atoms with E-state index in [1.54, 1.807) is 0 Å². The van der Waals surface area contributed by atoms with Gasteiger partial charge in [0.25, 0.3) is 0 Å². The van der Waals surface area contributed by atoms with E-state index in [0.29, 0.717) is 6.61 Å². The van der Waals surface area contributed by atoms with Crippen LogP contribution in [-0.2, 0) is 4.74 Å². The Morgan fingerprint density at radius 1 is 1.11 bits per heavy atom. The van der Waals surface area contributed by atoms with Crippen LogP contribution in [0.4, 0.5) is 0 Å². The zero-order valence-electron chi connectivity index (χ0n) is 13.3. The molecule has 0 bridgehead atoms. The maximum atomic E-state index is 5.28. The molecule has 0 aliphatic heterocycles. The molecule has 19 heavy (non-hydrogen) atoms. The van der Waals surface area contributed by atoms with Crippen LogP contribution in [0.1, 0.15) is 72.6 Å². The van der Waals surface area contributed by atoms with Gasteiger partial charge in [-0.3, -0.25) is 0 Å². The molecule has 0 aromatic carbocycles. The van der Waals surface area contributed by atoms with Gasteiger partial charge in [-0.2, -0.15) is 0 Å². The predicted molar refractivity (Wildman–Crippen MR) is 89.7 cm³/mol. The average Bonchev–Trinajstić information content (AvgIpc) is 2.37. The van der Waals surface area contributed by atoms with Crippen molar-refractivity contribution >= 4 is 17.3 Å². The van der Waals surface area contributed by atoms with Crippen LogP contribution in [0.2, 0.25) is 0 Å². The third-order valence-electron chi connectivity index (χ3n) is 3.63. The number of hydrogen-bond acceptors (Lipinski definition) is 2. The summed E-state index contributed by atoms with van der Waals surface area (Å²) >= 11 is 5.12. The molecule has 0 aliphatic carbocycles. The highest BCUT2D eigenvalue weighted by molar-refractivity contribution is 7.80. The van der Waals surface area contributed by atoms with Gasteiger partial charge < -0.3 is 4.74 Å². The van der Waals surface area contributed by atoms with Gasteiger partial charge in [0, 0.05) is 6.42 Å². The number of thiocarbonyl (C=S) groups is 1. The molecule has 2 unspecified atom stereocenters. The molecule has 0 heterocycles. The molecular formula is C17H32OS. The van der Waals surface area contributed by atoms with Gasteiger partial charge in [-0.15, -0.1) is 0 Å². The maximum Gasteiger partial charge on any atom is 0.159 e. The topological polar surface area (TPSA) is 9.23 Å². The Balaban J connectivity index is 3.93. The van der Waals surface area contributed by atoms with E-state index in [9.17, 15) is 0 Å². The molecule has 0 saturated heterocycles. The minimum atomic E-state index is 0.690. The lowest BCUT2D eigenvalue weighted by atomic mass is 9.84. The van der Waals surface area contributed by atoms with Gasteiger partial charge in [0.2, 0.25) is 0 Å². The highest BCUT2D eigenvalue weighted by Gasteiger charge is 2.13. The first-order chi connectivity index (χ1) is 9.15. The second-order valence-corrected chi connectivity index (χ2v) is 5.82. The van der Waals surface area contributed by atoms with Crippen LogP contribution < -0.4 is 0 Å². The van der Waals surface area contributed by atoms with Crippen molar-refractivity contribution in [3.63, 3.8) is 0 Å². The van der Waals surface area contributed by atoms with Gasteiger partial charge in [-0.25, -0.2) is 0 Å². The average molecular weight is 285 g/mol. The Morgan fingerprint density at radius 2 is 1.79 bits per heavy atom. The molecule has 0 aromatic heterocycles. The molecular weight excluding hydrogens is 252 g/mol. The van der Waals surface area contributed by atoms with Crippen molar-refractivity contribution in [2.45, 2.75) is 72.6 Å². The van der Waals surface area contributed by atoms with E-state index in [-0.39, 0.29) is 0 Å². The smallest absolute Gasteiger partial charge is 0.159 e. The molecule has 2 atom stereocenters. The van der Waals surface area contributed by atoms with Crippen LogP contribution in [-0.4, -0.2) is 11.7 Å². The van der Waals surface area contributed by atoms with Crippen LogP contribution >= 0.6 is 12.2 Å². The van der Waals surface area contributed by atoms with Crippen molar-refractivity contribution in [2.24, 2.45) is 11.8 Å². The first-order valence-electron chi connectivity index (χ1n) is 7.96. The second kappa shape index (κ2) is 12.7. The quantitative estimate of drug-likeness (QED) is 0.343. The fourth-order valence-corrected chi connectivity index (χ4v) is 2.76. The fourth-order valence-electron chi connectivity index (χ4n) is 2.52. The van der Waals surface area contributed by atoms with Crippen LogP contribution in [0.5, 0.6) is 0 Å². The summed E-state index contributed by atoms with van der Waals surface area (Å²) in [4.78, 5) is 0. The van der Waals surface area contributed by atoms with Crippen LogP contribution in [0.25, 0.3) is 0 Å². The van der Waals surface area contributed by atoms with Crippen LogP contribution in [0, 0.1) is 11.8 Å². The molecule has 2 heteroatoms. The van der Waals surface area contributed by atoms with Crippen LogP contribution in [0.3, 0.4) is 0 Å². The summed E-state index contributed by atoms with van der Waals surface area (Å²) in [7, 11) is 0. The van der Waals surface area contributed by atoms with E-state index in [2.05, 4.69) is 32.9 Å². The maximum absolute atomic E-state index is 5.28. The molecule has 0 aromatic rings. The molecule has 112 valence electrons. The Hall–Kier alpha value is -0.370. The molecule has 0 spiro atoms. The molecule has 0 amide bonds. The second-order valence-electron chi connectivity index (χ2n) is 5.37. The van der Waals surface area contributed by atoms with Crippen molar-refractivity contribution in [2.75, 3.05) is 6.61 Å². The number of hydrogen-bond donors (Lipinski definition) is 0. The van der Waals surface area contributed by atoms with E-state index in [4.69, 9.17) is 17.0 Å². The van der Waals surface area contributed by atoms with Crippen molar-refractivity contribution in [3.05, 3.63) is 12.2 Å². The third-order valence-corrected chi connectivity index (χ3v) is 3.96. The number of ether oxygens (including phenoxy) is 1. The van der Waals surface area contributed by atoms with E-state index >= 15 is 0 Å². The summed E-state index contributed by atoms with van der Waals surface area (Å²) in [6.45, 7) is 9.64. The largest absolute Gasteiger partial charge is 0.487 e. The normalized spacial score (nSPS) is 14.5. The Bertz CT molecular complexity index is 248.